The van der Waals surface area contributed by atoms with Crippen molar-refractivity contribution in [2.45, 2.75) is 32.8 Å². The van der Waals surface area contributed by atoms with Gasteiger partial charge in [0.25, 0.3) is 0 Å². The van der Waals surface area contributed by atoms with Crippen LogP contribution in [-0.2, 0) is 24.7 Å². The number of epoxide rings is 1. The van der Waals surface area contributed by atoms with Gasteiger partial charge < -0.3 is 18.3 Å². The first kappa shape index (κ1) is 16.6. The lowest BCUT2D eigenvalue weighted by atomic mass is 10.1. The van der Waals surface area contributed by atoms with E-state index in [1.54, 1.807) is 0 Å². The lowest BCUT2D eigenvalue weighted by Gasteiger charge is -2.18. The van der Waals surface area contributed by atoms with Crippen LogP contribution in [0.1, 0.15) is 25.8 Å². The minimum atomic E-state index is -1.76. The maximum absolute atomic E-state index is 5.85. The SMILES string of the molecule is CCO[SiH](OCC)c1ccccc1CCCOCC1CO1. The second kappa shape index (κ2) is 9.33. The van der Waals surface area contributed by atoms with E-state index in [4.69, 9.17) is 18.3 Å². The van der Waals surface area contributed by atoms with Crippen molar-refractivity contribution in [3.05, 3.63) is 29.8 Å². The summed E-state index contributed by atoms with van der Waals surface area (Å²) in [6.45, 7) is 7.83. The van der Waals surface area contributed by atoms with Crippen LogP contribution < -0.4 is 5.19 Å². The van der Waals surface area contributed by atoms with Crippen LogP contribution in [0.15, 0.2) is 24.3 Å². The fraction of sp³-hybridized carbons (Fsp3) is 0.625. The molecule has 4 nitrogen and oxygen atoms in total. The maximum Gasteiger partial charge on any atom is 0.356 e. The minimum absolute atomic E-state index is 0.352. The van der Waals surface area contributed by atoms with Crippen molar-refractivity contribution in [3.8, 4) is 0 Å². The Labute approximate surface area is 129 Å². The lowest BCUT2D eigenvalue weighted by molar-refractivity contribution is 0.114. The molecule has 0 spiro atoms. The molecule has 1 aromatic carbocycles. The summed E-state index contributed by atoms with van der Waals surface area (Å²) in [5, 5.41) is 1.27. The van der Waals surface area contributed by atoms with E-state index < -0.39 is 9.28 Å². The zero-order valence-corrected chi connectivity index (χ0v) is 14.2. The molecular formula is C16H26O4Si. The van der Waals surface area contributed by atoms with Crippen molar-refractivity contribution in [1.29, 1.82) is 0 Å². The number of rotatable bonds is 11. The third-order valence-corrected chi connectivity index (χ3v) is 5.73. The number of aryl methyl sites for hydroxylation is 1. The zero-order valence-electron chi connectivity index (χ0n) is 13.0. The quantitative estimate of drug-likeness (QED) is 0.353. The molecule has 1 aliphatic rings. The van der Waals surface area contributed by atoms with Crippen LogP contribution in [0.4, 0.5) is 0 Å². The predicted molar refractivity (Wildman–Crippen MR) is 85.4 cm³/mol. The highest BCUT2D eigenvalue weighted by molar-refractivity contribution is 6.61. The van der Waals surface area contributed by atoms with Gasteiger partial charge in [0.1, 0.15) is 6.10 Å². The van der Waals surface area contributed by atoms with Crippen molar-refractivity contribution in [2.24, 2.45) is 0 Å². The Morgan fingerprint density at radius 3 is 2.57 bits per heavy atom. The molecule has 5 heteroatoms. The number of hydrogen-bond acceptors (Lipinski definition) is 4. The fourth-order valence-electron chi connectivity index (χ4n) is 2.27. The largest absolute Gasteiger partial charge is 0.394 e. The Hall–Kier alpha value is -0.723. The highest BCUT2D eigenvalue weighted by Crippen LogP contribution is 2.09. The molecule has 0 radical (unpaired) electrons. The van der Waals surface area contributed by atoms with Gasteiger partial charge in [0.2, 0.25) is 0 Å². The first-order valence-electron chi connectivity index (χ1n) is 7.85. The Morgan fingerprint density at radius 2 is 1.90 bits per heavy atom. The molecule has 1 aromatic rings. The minimum Gasteiger partial charge on any atom is -0.394 e. The first-order chi connectivity index (χ1) is 10.3. The summed E-state index contributed by atoms with van der Waals surface area (Å²) in [5.74, 6) is 0. The predicted octanol–water partition coefficient (Wildman–Crippen LogP) is 1.54. The van der Waals surface area contributed by atoms with Crippen LogP contribution in [0.3, 0.4) is 0 Å². The lowest BCUT2D eigenvalue weighted by Crippen LogP contribution is -2.39. The third-order valence-electron chi connectivity index (χ3n) is 3.39. The summed E-state index contributed by atoms with van der Waals surface area (Å²) < 4.78 is 22.4. The van der Waals surface area contributed by atoms with Crippen LogP contribution in [0.2, 0.25) is 0 Å². The van der Waals surface area contributed by atoms with E-state index in [1.165, 1.54) is 10.8 Å². The van der Waals surface area contributed by atoms with E-state index in [2.05, 4.69) is 24.3 Å². The molecule has 21 heavy (non-hydrogen) atoms. The molecule has 1 heterocycles. The maximum atomic E-state index is 5.85. The van der Waals surface area contributed by atoms with Gasteiger partial charge in [0, 0.05) is 19.8 Å². The first-order valence-corrected chi connectivity index (χ1v) is 9.37. The van der Waals surface area contributed by atoms with Crippen molar-refractivity contribution in [1.82, 2.24) is 0 Å². The Balaban J connectivity index is 1.84. The average molecular weight is 310 g/mol. The molecule has 1 unspecified atom stereocenters. The molecule has 0 amide bonds. The molecular weight excluding hydrogens is 284 g/mol. The van der Waals surface area contributed by atoms with Crippen LogP contribution in [0, 0.1) is 0 Å². The van der Waals surface area contributed by atoms with Gasteiger partial charge in [-0.15, -0.1) is 0 Å². The van der Waals surface area contributed by atoms with Gasteiger partial charge in [-0.3, -0.25) is 0 Å². The average Bonchev–Trinajstić information content (AvgIpc) is 3.31. The third kappa shape index (κ3) is 5.88. The molecule has 0 aliphatic carbocycles. The normalized spacial score (nSPS) is 17.4. The number of ether oxygens (including phenoxy) is 2. The highest BCUT2D eigenvalue weighted by Gasteiger charge is 2.22. The van der Waals surface area contributed by atoms with Crippen LogP contribution >= 0.6 is 0 Å². The van der Waals surface area contributed by atoms with Gasteiger partial charge in [-0.05, 0) is 37.4 Å². The summed E-state index contributed by atoms with van der Waals surface area (Å²) in [4.78, 5) is 0. The second-order valence-corrected chi connectivity index (χ2v) is 7.03. The summed E-state index contributed by atoms with van der Waals surface area (Å²) in [5.41, 5.74) is 1.34. The van der Waals surface area contributed by atoms with E-state index in [0.717, 1.165) is 32.7 Å². The number of benzene rings is 1. The van der Waals surface area contributed by atoms with Gasteiger partial charge in [0.15, 0.2) is 0 Å². The van der Waals surface area contributed by atoms with Gasteiger partial charge in [-0.25, -0.2) is 0 Å². The Kier molecular flexibility index (Phi) is 7.39. The molecule has 2 rings (SSSR count). The van der Waals surface area contributed by atoms with Crippen molar-refractivity contribution in [2.75, 3.05) is 33.0 Å². The van der Waals surface area contributed by atoms with E-state index in [9.17, 15) is 0 Å². The molecule has 0 N–H and O–H groups in total. The molecule has 0 aromatic heterocycles. The van der Waals surface area contributed by atoms with Crippen LogP contribution in [0.5, 0.6) is 0 Å². The van der Waals surface area contributed by atoms with Crippen molar-refractivity contribution in [3.63, 3.8) is 0 Å². The summed E-state index contributed by atoms with van der Waals surface area (Å²) in [7, 11) is -1.76. The molecule has 118 valence electrons. The van der Waals surface area contributed by atoms with E-state index in [-0.39, 0.29) is 0 Å². The summed E-state index contributed by atoms with van der Waals surface area (Å²) >= 11 is 0. The van der Waals surface area contributed by atoms with Gasteiger partial charge in [0.05, 0.1) is 13.2 Å². The summed E-state index contributed by atoms with van der Waals surface area (Å²) in [6, 6.07) is 8.48. The van der Waals surface area contributed by atoms with E-state index >= 15 is 0 Å². The van der Waals surface area contributed by atoms with Crippen molar-refractivity contribution >= 4 is 14.5 Å². The Morgan fingerprint density at radius 1 is 1.19 bits per heavy atom. The second-order valence-electron chi connectivity index (χ2n) is 5.08. The standard InChI is InChI=1S/C16H26O4Si/c1-3-19-21(20-4-2)16-10-6-5-8-14(16)9-7-11-17-12-15-13-18-15/h5-6,8,10,15,21H,3-4,7,9,11-13H2,1-2H3. The Bertz CT molecular complexity index is 403. The molecule has 1 atom stereocenters. The topological polar surface area (TPSA) is 40.2 Å². The fourth-order valence-corrected chi connectivity index (χ4v) is 4.14. The van der Waals surface area contributed by atoms with E-state index in [1.807, 2.05) is 13.8 Å². The zero-order chi connectivity index (χ0) is 14.9. The van der Waals surface area contributed by atoms with Crippen LogP contribution in [-0.4, -0.2) is 48.4 Å². The molecule has 1 aliphatic heterocycles. The summed E-state index contributed by atoms with van der Waals surface area (Å²) in [6.07, 6.45) is 2.37. The highest BCUT2D eigenvalue weighted by atomic mass is 28.3. The monoisotopic (exact) mass is 310 g/mol. The molecule has 0 saturated carbocycles. The van der Waals surface area contributed by atoms with Gasteiger partial charge in [-0.2, -0.15) is 0 Å². The van der Waals surface area contributed by atoms with E-state index in [0.29, 0.717) is 19.3 Å². The number of hydrogen-bond donors (Lipinski definition) is 0. The smallest absolute Gasteiger partial charge is 0.356 e. The van der Waals surface area contributed by atoms with Gasteiger partial charge in [-0.1, -0.05) is 24.3 Å². The molecule has 0 bridgehead atoms. The van der Waals surface area contributed by atoms with Crippen LogP contribution in [0.25, 0.3) is 0 Å². The molecule has 1 fully saturated rings. The molecule has 1 saturated heterocycles. The van der Waals surface area contributed by atoms with Crippen molar-refractivity contribution < 1.29 is 18.3 Å². The van der Waals surface area contributed by atoms with Gasteiger partial charge >= 0.3 is 9.28 Å².